The van der Waals surface area contributed by atoms with Gasteiger partial charge in [-0.05, 0) is 30.7 Å². The average Bonchev–Trinajstić information content (AvgIpc) is 2.80. The van der Waals surface area contributed by atoms with Crippen LogP contribution in [-0.4, -0.2) is 28.5 Å². The summed E-state index contributed by atoms with van der Waals surface area (Å²) in [7, 11) is 0. The minimum Gasteiger partial charge on any atom is -0.368 e. The van der Waals surface area contributed by atoms with Crippen molar-refractivity contribution in [3.05, 3.63) is 77.8 Å². The van der Waals surface area contributed by atoms with Crippen LogP contribution in [0.5, 0.6) is 0 Å². The van der Waals surface area contributed by atoms with Crippen molar-refractivity contribution in [1.29, 1.82) is 0 Å². The van der Waals surface area contributed by atoms with Gasteiger partial charge in [-0.1, -0.05) is 42.1 Å². The lowest BCUT2D eigenvalue weighted by Gasteiger charge is -2.17. The molecule has 0 fully saturated rings. The zero-order valence-corrected chi connectivity index (χ0v) is 15.8. The molecule has 1 amide bonds. The molecule has 3 heterocycles. The number of aliphatic imine (C=N–C) groups is 1. The maximum atomic E-state index is 12.7. The van der Waals surface area contributed by atoms with Gasteiger partial charge in [0.2, 0.25) is 0 Å². The van der Waals surface area contributed by atoms with Crippen LogP contribution in [0.1, 0.15) is 13.3 Å². The van der Waals surface area contributed by atoms with Gasteiger partial charge < -0.3 is 10.6 Å². The van der Waals surface area contributed by atoms with Crippen molar-refractivity contribution in [3.63, 3.8) is 0 Å². The van der Waals surface area contributed by atoms with Crippen molar-refractivity contribution in [2.75, 3.05) is 11.9 Å². The van der Waals surface area contributed by atoms with Crippen LogP contribution in [0.2, 0.25) is 0 Å². The highest BCUT2D eigenvalue weighted by Gasteiger charge is 2.26. The van der Waals surface area contributed by atoms with Crippen LogP contribution in [0.3, 0.4) is 0 Å². The van der Waals surface area contributed by atoms with Crippen molar-refractivity contribution in [2.24, 2.45) is 4.99 Å². The smallest absolute Gasteiger partial charge is 0.257 e. The first-order chi connectivity index (χ1) is 13.2. The number of hydrogen-bond donors (Lipinski definition) is 2. The molecule has 1 atom stereocenters. The minimum absolute atomic E-state index is 0.122. The Kier molecular flexibility index (Phi) is 5.07. The number of nitrogens with one attached hydrogen (secondary N) is 2. The zero-order chi connectivity index (χ0) is 18.6. The summed E-state index contributed by atoms with van der Waals surface area (Å²) in [5, 5.41) is 6.72. The SMILES string of the molecule is CC1=NCC=CC=C1C(=O)NC1=CC=CC=C(C2Nc3ccncc3S2)C1. The largest absolute Gasteiger partial charge is 0.368 e. The van der Waals surface area contributed by atoms with E-state index in [2.05, 4.69) is 26.7 Å². The normalized spacial score (nSPS) is 21.0. The molecular formula is C21H20N4OS. The van der Waals surface area contributed by atoms with E-state index in [9.17, 15) is 4.79 Å². The summed E-state index contributed by atoms with van der Waals surface area (Å²) in [5.41, 5.74) is 4.55. The molecule has 1 unspecified atom stereocenters. The van der Waals surface area contributed by atoms with Crippen molar-refractivity contribution < 1.29 is 4.79 Å². The van der Waals surface area contributed by atoms with Crippen molar-refractivity contribution >= 4 is 29.1 Å². The number of amides is 1. The number of rotatable bonds is 3. The second-order valence-corrected chi connectivity index (χ2v) is 7.54. The molecule has 1 aliphatic carbocycles. The first-order valence-electron chi connectivity index (χ1n) is 8.84. The van der Waals surface area contributed by atoms with E-state index in [1.54, 1.807) is 18.0 Å². The van der Waals surface area contributed by atoms with Gasteiger partial charge in [0.25, 0.3) is 5.91 Å². The van der Waals surface area contributed by atoms with Gasteiger partial charge >= 0.3 is 0 Å². The van der Waals surface area contributed by atoms with Crippen LogP contribution < -0.4 is 10.6 Å². The predicted octanol–water partition coefficient (Wildman–Crippen LogP) is 3.77. The molecule has 0 radical (unpaired) electrons. The van der Waals surface area contributed by atoms with Gasteiger partial charge in [0.05, 0.1) is 28.1 Å². The Balaban J connectivity index is 1.46. The molecule has 0 aromatic carbocycles. The lowest BCUT2D eigenvalue weighted by atomic mass is 10.1. The third kappa shape index (κ3) is 3.95. The summed E-state index contributed by atoms with van der Waals surface area (Å²) in [4.78, 5) is 22.5. The molecule has 0 saturated heterocycles. The zero-order valence-electron chi connectivity index (χ0n) is 15.0. The Labute approximate surface area is 162 Å². The Hall–Kier alpha value is -2.86. The highest BCUT2D eigenvalue weighted by Crippen LogP contribution is 2.41. The average molecular weight is 376 g/mol. The van der Waals surface area contributed by atoms with E-state index < -0.39 is 0 Å². The number of hydrogen-bond acceptors (Lipinski definition) is 5. The Morgan fingerprint density at radius 2 is 2.15 bits per heavy atom. The molecule has 1 aromatic rings. The van der Waals surface area contributed by atoms with Gasteiger partial charge in [-0.15, -0.1) is 0 Å². The first-order valence-corrected chi connectivity index (χ1v) is 9.72. The molecule has 4 rings (SSSR count). The van der Waals surface area contributed by atoms with Gasteiger partial charge in [-0.3, -0.25) is 14.8 Å². The molecule has 0 bridgehead atoms. The maximum Gasteiger partial charge on any atom is 0.257 e. The van der Waals surface area contributed by atoms with Gasteiger partial charge in [-0.2, -0.15) is 0 Å². The van der Waals surface area contributed by atoms with E-state index >= 15 is 0 Å². The van der Waals surface area contributed by atoms with Crippen LogP contribution in [0.4, 0.5) is 5.69 Å². The molecule has 3 aliphatic rings. The summed E-state index contributed by atoms with van der Waals surface area (Å²) >= 11 is 1.75. The number of carbonyl (C=O) groups is 1. The minimum atomic E-state index is -0.122. The van der Waals surface area contributed by atoms with E-state index in [0.29, 0.717) is 18.5 Å². The predicted molar refractivity (Wildman–Crippen MR) is 111 cm³/mol. The van der Waals surface area contributed by atoms with Crippen molar-refractivity contribution in [3.8, 4) is 0 Å². The molecule has 6 heteroatoms. The third-order valence-corrected chi connectivity index (χ3v) is 5.74. The summed E-state index contributed by atoms with van der Waals surface area (Å²) in [6.07, 6.45) is 18.0. The van der Waals surface area contributed by atoms with Gasteiger partial charge in [-0.25, -0.2) is 0 Å². The van der Waals surface area contributed by atoms with Crippen molar-refractivity contribution in [2.45, 2.75) is 23.6 Å². The Morgan fingerprint density at radius 3 is 3.04 bits per heavy atom. The summed E-state index contributed by atoms with van der Waals surface area (Å²) in [6.45, 7) is 2.48. The quantitative estimate of drug-likeness (QED) is 0.843. The molecule has 27 heavy (non-hydrogen) atoms. The van der Waals surface area contributed by atoms with E-state index in [1.807, 2.05) is 55.6 Å². The van der Waals surface area contributed by atoms with Crippen molar-refractivity contribution in [1.82, 2.24) is 10.3 Å². The Bertz CT molecular complexity index is 928. The van der Waals surface area contributed by atoms with Gasteiger partial charge in [0.1, 0.15) is 0 Å². The van der Waals surface area contributed by atoms with E-state index in [-0.39, 0.29) is 11.3 Å². The van der Waals surface area contributed by atoms with Gasteiger partial charge in [0, 0.05) is 30.2 Å². The van der Waals surface area contributed by atoms with E-state index in [1.165, 1.54) is 5.57 Å². The summed E-state index contributed by atoms with van der Waals surface area (Å²) in [5.74, 6) is -0.122. The first kappa shape index (κ1) is 17.5. The number of fused-ring (bicyclic) bond motifs is 1. The highest BCUT2D eigenvalue weighted by molar-refractivity contribution is 8.00. The molecule has 5 nitrogen and oxygen atoms in total. The maximum absolute atomic E-state index is 12.7. The van der Waals surface area contributed by atoms with E-state index in [0.717, 1.165) is 22.0 Å². The van der Waals surface area contributed by atoms with Crippen LogP contribution in [0, 0.1) is 0 Å². The fourth-order valence-electron chi connectivity index (χ4n) is 3.09. The van der Waals surface area contributed by atoms with Crippen LogP contribution in [0.25, 0.3) is 0 Å². The molecule has 1 aromatic heterocycles. The number of nitrogens with zero attached hydrogens (tertiary/aromatic N) is 2. The number of pyridine rings is 1. The second kappa shape index (κ2) is 7.80. The number of anilines is 1. The number of aromatic nitrogens is 1. The molecule has 2 aliphatic heterocycles. The lowest BCUT2D eigenvalue weighted by Crippen LogP contribution is -2.28. The summed E-state index contributed by atoms with van der Waals surface area (Å²) in [6, 6.07) is 1.99. The van der Waals surface area contributed by atoms with Crippen LogP contribution in [0.15, 0.2) is 87.7 Å². The van der Waals surface area contributed by atoms with E-state index in [4.69, 9.17) is 0 Å². The highest BCUT2D eigenvalue weighted by atomic mass is 32.2. The fraction of sp³-hybridized carbons (Fsp3) is 0.190. The number of thioether (sulfide) groups is 1. The van der Waals surface area contributed by atoms with Gasteiger partial charge in [0.15, 0.2) is 0 Å². The third-order valence-electron chi connectivity index (χ3n) is 4.51. The fourth-order valence-corrected chi connectivity index (χ4v) is 4.22. The topological polar surface area (TPSA) is 66.4 Å². The number of allylic oxidation sites excluding steroid dienone is 7. The Morgan fingerprint density at radius 1 is 1.26 bits per heavy atom. The molecule has 136 valence electrons. The molecule has 0 spiro atoms. The monoisotopic (exact) mass is 376 g/mol. The molecule has 2 N–H and O–H groups in total. The second-order valence-electron chi connectivity index (χ2n) is 6.40. The number of carbonyl (C=O) groups excluding carboxylic acids is 1. The summed E-state index contributed by atoms with van der Waals surface area (Å²) < 4.78 is 0. The van der Waals surface area contributed by atoms with Crippen LogP contribution in [-0.2, 0) is 4.79 Å². The molecular weight excluding hydrogens is 356 g/mol. The standard InChI is InChI=1S/C21H20N4OS/c1-14-17(8-4-5-10-23-14)20(26)24-16-7-3-2-6-15(12-16)21-25-18-9-11-22-13-19(18)27-21/h2-9,11,13,21,25H,10,12H2,1H3,(H,24,26). The molecule has 0 saturated carbocycles. The lowest BCUT2D eigenvalue weighted by molar-refractivity contribution is -0.116. The van der Waals surface area contributed by atoms with Crippen LogP contribution >= 0.6 is 11.8 Å².